The van der Waals surface area contributed by atoms with Gasteiger partial charge in [-0.15, -0.1) is 6.58 Å². The second-order valence-corrected chi connectivity index (χ2v) is 11.4. The number of hydrogen-bond acceptors (Lipinski definition) is 6. The van der Waals surface area contributed by atoms with Crippen molar-refractivity contribution in [3.05, 3.63) is 77.5 Å². The average Bonchev–Trinajstić information content (AvgIpc) is 3.33. The molecule has 216 valence electrons. The van der Waals surface area contributed by atoms with E-state index < -0.39 is 0 Å². The molecular formula is C34H45N7. The number of nitrogens with zero attached hydrogens (tertiary/aromatic N) is 5. The normalized spacial score (nSPS) is 14.4. The molecule has 0 aliphatic carbocycles. The molecule has 0 fully saturated rings. The zero-order valence-electron chi connectivity index (χ0n) is 25.5. The second-order valence-electron chi connectivity index (χ2n) is 11.4. The predicted molar refractivity (Wildman–Crippen MR) is 175 cm³/mol. The van der Waals surface area contributed by atoms with E-state index in [1.807, 2.05) is 25.1 Å². The van der Waals surface area contributed by atoms with E-state index in [0.717, 1.165) is 66.1 Å². The van der Waals surface area contributed by atoms with E-state index in [0.29, 0.717) is 23.7 Å². The minimum Gasteiger partial charge on any atom is -0.397 e. The number of likely N-dealkylation sites (N-methyl/N-ethyl adjacent to an activating group) is 2. The van der Waals surface area contributed by atoms with E-state index in [1.54, 1.807) is 0 Å². The molecule has 1 aromatic heterocycles. The van der Waals surface area contributed by atoms with E-state index in [-0.39, 0.29) is 6.17 Å². The highest BCUT2D eigenvalue weighted by molar-refractivity contribution is 6.21. The fourth-order valence-electron chi connectivity index (χ4n) is 5.50. The van der Waals surface area contributed by atoms with Crippen molar-refractivity contribution < 1.29 is 0 Å². The number of rotatable bonds is 12. The summed E-state index contributed by atoms with van der Waals surface area (Å²) in [5.41, 5.74) is 15.2. The molecule has 2 aromatic carbocycles. The van der Waals surface area contributed by atoms with Gasteiger partial charge >= 0.3 is 0 Å². The maximum atomic E-state index is 10.1. The fourth-order valence-corrected chi connectivity index (χ4v) is 5.50. The van der Waals surface area contributed by atoms with Gasteiger partial charge in [0.25, 0.3) is 0 Å². The number of allylic oxidation sites excluding steroid dienone is 2. The number of benzene rings is 2. The molecule has 0 saturated carbocycles. The number of anilines is 3. The minimum atomic E-state index is -0.320. The van der Waals surface area contributed by atoms with Gasteiger partial charge in [0.2, 0.25) is 0 Å². The summed E-state index contributed by atoms with van der Waals surface area (Å²) in [6, 6.07) is 13.5. The molecule has 0 amide bonds. The van der Waals surface area contributed by atoms with Crippen LogP contribution in [0.15, 0.2) is 65.8 Å². The van der Waals surface area contributed by atoms with E-state index in [4.69, 9.17) is 10.7 Å². The van der Waals surface area contributed by atoms with Crippen molar-refractivity contribution in [2.45, 2.75) is 65.7 Å². The van der Waals surface area contributed by atoms with E-state index >= 15 is 0 Å². The molecule has 0 bridgehead atoms. The van der Waals surface area contributed by atoms with Crippen LogP contribution in [-0.4, -0.2) is 54.6 Å². The monoisotopic (exact) mass is 551 g/mol. The number of nitriles is 1. The lowest BCUT2D eigenvalue weighted by Crippen LogP contribution is -2.35. The highest BCUT2D eigenvalue weighted by Crippen LogP contribution is 2.33. The molecule has 3 N–H and O–H groups in total. The number of aromatic nitrogens is 1. The van der Waals surface area contributed by atoms with Crippen molar-refractivity contribution in [3.63, 3.8) is 0 Å². The lowest BCUT2D eigenvalue weighted by atomic mass is 9.98. The Balaban J connectivity index is 1.69. The molecule has 41 heavy (non-hydrogen) atoms. The first-order valence-electron chi connectivity index (χ1n) is 14.6. The molecule has 3 aromatic rings. The SMILES string of the molecule is C=CCC(/N=C(\C(C#N)=C/C)c1cn2c3c(cccc13)CCC2)Nc1cc(N)c(N(C)CCN(C)C(C)C)cc1C. The summed E-state index contributed by atoms with van der Waals surface area (Å²) in [6.45, 7) is 15.2. The number of para-hydroxylation sites is 1. The smallest absolute Gasteiger partial charge is 0.122 e. The van der Waals surface area contributed by atoms with Crippen LogP contribution in [0.3, 0.4) is 0 Å². The number of nitrogen functional groups attached to an aromatic ring is 1. The Kier molecular flexibility index (Phi) is 9.57. The van der Waals surface area contributed by atoms with Gasteiger partial charge in [-0.05, 0) is 70.8 Å². The Labute approximate surface area is 245 Å². The van der Waals surface area contributed by atoms with Crippen LogP contribution in [0, 0.1) is 18.3 Å². The van der Waals surface area contributed by atoms with Gasteiger partial charge in [-0.3, -0.25) is 4.99 Å². The topological polar surface area (TPSA) is 85.6 Å². The van der Waals surface area contributed by atoms with Crippen LogP contribution in [0.5, 0.6) is 0 Å². The number of aryl methyl sites for hydroxylation is 3. The molecule has 1 atom stereocenters. The summed E-state index contributed by atoms with van der Waals surface area (Å²) in [4.78, 5) is 9.73. The van der Waals surface area contributed by atoms with E-state index in [1.165, 1.54) is 11.1 Å². The molecule has 1 unspecified atom stereocenters. The molecule has 0 radical (unpaired) electrons. The summed E-state index contributed by atoms with van der Waals surface area (Å²) in [6.07, 6.45) is 8.34. The third kappa shape index (κ3) is 6.49. The molecule has 7 nitrogen and oxygen atoms in total. The van der Waals surface area contributed by atoms with Crippen molar-refractivity contribution in [3.8, 4) is 6.07 Å². The standard InChI is InChI=1S/C34H45N7/c1-8-12-32(37-30-20-29(36)31(19-24(30)5)40(7)18-17-39(6)23(3)4)38-33(25(9-2)21-35)28-22-41-16-11-14-26-13-10-15-27(28)34(26)41/h8-10,13,15,19-20,22-23,32,37H,1,11-12,14,16-18,36H2,2-7H3/b25-9-,38-33+. The van der Waals surface area contributed by atoms with Gasteiger partial charge in [0.05, 0.1) is 28.2 Å². The van der Waals surface area contributed by atoms with Gasteiger partial charge in [0.15, 0.2) is 0 Å². The third-order valence-corrected chi connectivity index (χ3v) is 8.20. The van der Waals surface area contributed by atoms with Crippen LogP contribution < -0.4 is 16.0 Å². The summed E-state index contributed by atoms with van der Waals surface area (Å²) < 4.78 is 2.32. The Morgan fingerprint density at radius 1 is 1.27 bits per heavy atom. The van der Waals surface area contributed by atoms with Crippen LogP contribution in [0.2, 0.25) is 0 Å². The van der Waals surface area contributed by atoms with Gasteiger partial charge in [0.1, 0.15) is 12.2 Å². The zero-order chi connectivity index (χ0) is 29.7. The first-order valence-corrected chi connectivity index (χ1v) is 14.6. The van der Waals surface area contributed by atoms with Crippen molar-refractivity contribution >= 4 is 33.7 Å². The van der Waals surface area contributed by atoms with Crippen LogP contribution in [0.4, 0.5) is 17.1 Å². The Bertz CT molecular complexity index is 1500. The molecule has 1 aliphatic heterocycles. The highest BCUT2D eigenvalue weighted by Gasteiger charge is 2.22. The molecule has 7 heteroatoms. The quantitative estimate of drug-likeness (QED) is 0.116. The van der Waals surface area contributed by atoms with Gasteiger partial charge in [0, 0.05) is 62.0 Å². The molecule has 0 spiro atoms. The molecule has 4 rings (SSSR count). The van der Waals surface area contributed by atoms with E-state index in [2.05, 4.69) is 97.7 Å². The van der Waals surface area contributed by atoms with Gasteiger partial charge in [-0.2, -0.15) is 5.26 Å². The molecular weight excluding hydrogens is 506 g/mol. The lowest BCUT2D eigenvalue weighted by molar-refractivity contribution is 0.280. The van der Waals surface area contributed by atoms with Crippen molar-refractivity contribution in [2.75, 3.05) is 43.1 Å². The van der Waals surface area contributed by atoms with Gasteiger partial charge < -0.3 is 25.4 Å². The maximum Gasteiger partial charge on any atom is 0.122 e. The van der Waals surface area contributed by atoms with Crippen LogP contribution in [0.25, 0.3) is 10.9 Å². The molecule has 0 saturated heterocycles. The summed E-state index contributed by atoms with van der Waals surface area (Å²) in [7, 11) is 4.23. The summed E-state index contributed by atoms with van der Waals surface area (Å²) in [5, 5.41) is 14.8. The van der Waals surface area contributed by atoms with Gasteiger partial charge in [-0.1, -0.05) is 30.4 Å². The first-order chi connectivity index (χ1) is 19.7. The van der Waals surface area contributed by atoms with E-state index in [9.17, 15) is 5.26 Å². The largest absolute Gasteiger partial charge is 0.397 e. The van der Waals surface area contributed by atoms with Crippen LogP contribution in [0.1, 0.15) is 50.3 Å². The predicted octanol–water partition coefficient (Wildman–Crippen LogP) is 6.53. The summed E-state index contributed by atoms with van der Waals surface area (Å²) in [5.74, 6) is 0. The number of nitrogens with two attached hydrogens (primary N) is 1. The number of hydrogen-bond donors (Lipinski definition) is 2. The fraction of sp³-hybridized carbons (Fsp3) is 0.412. The molecule has 2 heterocycles. The third-order valence-electron chi connectivity index (χ3n) is 8.20. The minimum absolute atomic E-state index is 0.320. The second kappa shape index (κ2) is 13.1. The Hall–Kier alpha value is -4.02. The van der Waals surface area contributed by atoms with Crippen molar-refractivity contribution in [1.29, 1.82) is 5.26 Å². The lowest BCUT2D eigenvalue weighted by Gasteiger charge is -2.28. The molecule has 1 aliphatic rings. The van der Waals surface area contributed by atoms with Crippen LogP contribution in [-0.2, 0) is 13.0 Å². The summed E-state index contributed by atoms with van der Waals surface area (Å²) >= 11 is 0. The Morgan fingerprint density at radius 3 is 2.73 bits per heavy atom. The Morgan fingerprint density at radius 2 is 2.05 bits per heavy atom. The van der Waals surface area contributed by atoms with Gasteiger partial charge in [-0.25, -0.2) is 0 Å². The number of nitrogens with one attached hydrogen (secondary N) is 1. The maximum absolute atomic E-state index is 10.1. The van der Waals surface area contributed by atoms with Crippen molar-refractivity contribution in [2.24, 2.45) is 4.99 Å². The zero-order valence-corrected chi connectivity index (χ0v) is 25.5. The first kappa shape index (κ1) is 30.0. The highest BCUT2D eigenvalue weighted by atomic mass is 15.2. The number of aliphatic imine (C=N–C) groups is 1. The van der Waals surface area contributed by atoms with Crippen LogP contribution >= 0.6 is 0 Å². The average molecular weight is 552 g/mol. The van der Waals surface area contributed by atoms with Crippen molar-refractivity contribution in [1.82, 2.24) is 9.47 Å².